The standard InChI is InChI=1S/C10H18N4O/c1-7(11)4-8(2)13-10(15)9-5-12-6-14(9)3/h5-8H,4,11H2,1-3H3,(H,13,15). The summed E-state index contributed by atoms with van der Waals surface area (Å²) in [6.45, 7) is 3.87. The van der Waals surface area contributed by atoms with Gasteiger partial charge in [-0.1, -0.05) is 0 Å². The lowest BCUT2D eigenvalue weighted by molar-refractivity contribution is 0.0929. The Bertz CT molecular complexity index is 332. The molecule has 1 aromatic rings. The van der Waals surface area contributed by atoms with Gasteiger partial charge in [0, 0.05) is 19.1 Å². The zero-order chi connectivity index (χ0) is 11.4. The second kappa shape index (κ2) is 4.93. The van der Waals surface area contributed by atoms with Crippen LogP contribution in [0.4, 0.5) is 0 Å². The first-order valence-electron chi connectivity index (χ1n) is 5.03. The molecule has 2 unspecified atom stereocenters. The Morgan fingerprint density at radius 2 is 2.33 bits per heavy atom. The number of amides is 1. The molecule has 0 radical (unpaired) electrons. The fraction of sp³-hybridized carbons (Fsp3) is 0.600. The van der Waals surface area contributed by atoms with Gasteiger partial charge in [-0.05, 0) is 20.3 Å². The number of carbonyl (C=O) groups excluding carboxylic acids is 1. The normalized spacial score (nSPS) is 14.7. The average Bonchev–Trinajstić information content (AvgIpc) is 2.49. The maximum Gasteiger partial charge on any atom is 0.269 e. The Labute approximate surface area is 89.7 Å². The van der Waals surface area contributed by atoms with Gasteiger partial charge >= 0.3 is 0 Å². The molecule has 1 amide bonds. The van der Waals surface area contributed by atoms with E-state index in [1.807, 2.05) is 13.8 Å². The van der Waals surface area contributed by atoms with E-state index in [0.29, 0.717) is 5.69 Å². The molecule has 0 aliphatic rings. The highest BCUT2D eigenvalue weighted by Crippen LogP contribution is 1.99. The third-order valence-electron chi connectivity index (χ3n) is 2.15. The van der Waals surface area contributed by atoms with Crippen molar-refractivity contribution >= 4 is 5.91 Å². The van der Waals surface area contributed by atoms with Crippen molar-refractivity contribution in [1.29, 1.82) is 0 Å². The average molecular weight is 210 g/mol. The molecule has 3 N–H and O–H groups in total. The smallest absolute Gasteiger partial charge is 0.269 e. The number of rotatable bonds is 4. The summed E-state index contributed by atoms with van der Waals surface area (Å²) < 4.78 is 1.69. The Hall–Kier alpha value is -1.36. The van der Waals surface area contributed by atoms with Gasteiger partial charge in [0.25, 0.3) is 5.91 Å². The summed E-state index contributed by atoms with van der Waals surface area (Å²) in [7, 11) is 1.79. The zero-order valence-electron chi connectivity index (χ0n) is 9.40. The molecule has 5 nitrogen and oxygen atoms in total. The van der Waals surface area contributed by atoms with Gasteiger partial charge in [-0.3, -0.25) is 4.79 Å². The molecule has 2 atom stereocenters. The highest BCUT2D eigenvalue weighted by Gasteiger charge is 2.13. The Kier molecular flexibility index (Phi) is 3.85. The number of nitrogens with zero attached hydrogens (tertiary/aromatic N) is 2. The van der Waals surface area contributed by atoms with Gasteiger partial charge in [0.05, 0.1) is 12.5 Å². The van der Waals surface area contributed by atoms with Crippen molar-refractivity contribution in [3.05, 3.63) is 18.2 Å². The monoisotopic (exact) mass is 210 g/mol. The summed E-state index contributed by atoms with van der Waals surface area (Å²) in [6.07, 6.45) is 3.92. The van der Waals surface area contributed by atoms with Crippen molar-refractivity contribution in [2.45, 2.75) is 32.4 Å². The molecule has 1 aromatic heterocycles. The van der Waals surface area contributed by atoms with Crippen LogP contribution in [0.15, 0.2) is 12.5 Å². The number of nitrogens with two attached hydrogens (primary N) is 1. The van der Waals surface area contributed by atoms with Crippen molar-refractivity contribution in [3.63, 3.8) is 0 Å². The predicted octanol–water partition coefficient (Wildman–Crippen LogP) is 0.276. The molecule has 0 aliphatic carbocycles. The molecule has 5 heteroatoms. The number of carbonyl (C=O) groups is 1. The second-order valence-electron chi connectivity index (χ2n) is 3.98. The maximum atomic E-state index is 11.7. The lowest BCUT2D eigenvalue weighted by Crippen LogP contribution is -2.37. The van der Waals surface area contributed by atoms with E-state index in [0.717, 1.165) is 6.42 Å². The minimum atomic E-state index is -0.108. The minimum absolute atomic E-state index is 0.0763. The fourth-order valence-electron chi connectivity index (χ4n) is 1.49. The number of imidazole rings is 1. The van der Waals surface area contributed by atoms with E-state index in [1.54, 1.807) is 24.1 Å². The van der Waals surface area contributed by atoms with Crippen molar-refractivity contribution in [3.8, 4) is 0 Å². The van der Waals surface area contributed by atoms with Gasteiger partial charge < -0.3 is 15.6 Å². The molecule has 1 heterocycles. The van der Waals surface area contributed by atoms with Crippen molar-refractivity contribution in [2.75, 3.05) is 0 Å². The maximum absolute atomic E-state index is 11.7. The van der Waals surface area contributed by atoms with Gasteiger partial charge in [0.15, 0.2) is 0 Å². The van der Waals surface area contributed by atoms with Crippen LogP contribution in [0, 0.1) is 0 Å². The molecule has 0 spiro atoms. The zero-order valence-corrected chi connectivity index (χ0v) is 9.40. The van der Waals surface area contributed by atoms with Crippen LogP contribution in [-0.2, 0) is 7.05 Å². The summed E-state index contributed by atoms with van der Waals surface area (Å²) in [6, 6.07) is 0.166. The van der Waals surface area contributed by atoms with Crippen LogP contribution in [0.25, 0.3) is 0 Å². The van der Waals surface area contributed by atoms with Crippen LogP contribution in [0.1, 0.15) is 30.8 Å². The van der Waals surface area contributed by atoms with E-state index in [9.17, 15) is 4.79 Å². The summed E-state index contributed by atoms with van der Waals surface area (Å²) in [5, 5.41) is 2.87. The lowest BCUT2D eigenvalue weighted by Gasteiger charge is -2.15. The van der Waals surface area contributed by atoms with Crippen LogP contribution in [0.2, 0.25) is 0 Å². The lowest BCUT2D eigenvalue weighted by atomic mass is 10.1. The Morgan fingerprint density at radius 1 is 1.67 bits per heavy atom. The number of nitrogens with one attached hydrogen (secondary N) is 1. The van der Waals surface area contributed by atoms with Crippen LogP contribution in [-0.4, -0.2) is 27.5 Å². The van der Waals surface area contributed by atoms with Crippen LogP contribution in [0.5, 0.6) is 0 Å². The summed E-state index contributed by atoms with van der Waals surface area (Å²) in [5.74, 6) is -0.108. The molecule has 1 rings (SSSR count). The van der Waals surface area contributed by atoms with E-state index >= 15 is 0 Å². The molecule has 0 aromatic carbocycles. The van der Waals surface area contributed by atoms with E-state index in [-0.39, 0.29) is 18.0 Å². The van der Waals surface area contributed by atoms with Crippen molar-refractivity contribution < 1.29 is 4.79 Å². The van der Waals surface area contributed by atoms with Gasteiger partial charge in [0.2, 0.25) is 0 Å². The van der Waals surface area contributed by atoms with Gasteiger partial charge in [0.1, 0.15) is 5.69 Å². The molecular formula is C10H18N4O. The first-order chi connectivity index (χ1) is 7.00. The van der Waals surface area contributed by atoms with E-state index in [1.165, 1.54) is 0 Å². The van der Waals surface area contributed by atoms with Crippen LogP contribution in [0.3, 0.4) is 0 Å². The molecule has 0 bridgehead atoms. The number of aryl methyl sites for hydroxylation is 1. The minimum Gasteiger partial charge on any atom is -0.348 e. The molecule has 0 fully saturated rings. The molecule has 0 saturated heterocycles. The highest BCUT2D eigenvalue weighted by molar-refractivity contribution is 5.92. The Balaban J connectivity index is 2.53. The first kappa shape index (κ1) is 11.7. The fourth-order valence-corrected chi connectivity index (χ4v) is 1.49. The molecular weight excluding hydrogens is 192 g/mol. The summed E-state index contributed by atoms with van der Waals surface area (Å²) in [5.41, 5.74) is 6.21. The van der Waals surface area contributed by atoms with Crippen molar-refractivity contribution in [2.24, 2.45) is 12.8 Å². The second-order valence-corrected chi connectivity index (χ2v) is 3.98. The van der Waals surface area contributed by atoms with Gasteiger partial charge in [-0.25, -0.2) is 4.98 Å². The third kappa shape index (κ3) is 3.36. The van der Waals surface area contributed by atoms with Gasteiger partial charge in [-0.15, -0.1) is 0 Å². The van der Waals surface area contributed by atoms with Gasteiger partial charge in [-0.2, -0.15) is 0 Å². The summed E-state index contributed by atoms with van der Waals surface area (Å²) in [4.78, 5) is 15.6. The Morgan fingerprint density at radius 3 is 2.80 bits per heavy atom. The molecule has 0 aliphatic heterocycles. The SMILES string of the molecule is CC(N)CC(C)NC(=O)c1cncn1C. The topological polar surface area (TPSA) is 72.9 Å². The summed E-state index contributed by atoms with van der Waals surface area (Å²) >= 11 is 0. The number of hydrogen-bond donors (Lipinski definition) is 2. The molecule has 84 valence electrons. The first-order valence-corrected chi connectivity index (χ1v) is 5.03. The number of hydrogen-bond acceptors (Lipinski definition) is 3. The largest absolute Gasteiger partial charge is 0.348 e. The van der Waals surface area contributed by atoms with E-state index < -0.39 is 0 Å². The van der Waals surface area contributed by atoms with Crippen LogP contribution < -0.4 is 11.1 Å². The molecule has 0 saturated carbocycles. The predicted molar refractivity (Wildman–Crippen MR) is 58.4 cm³/mol. The van der Waals surface area contributed by atoms with Crippen molar-refractivity contribution in [1.82, 2.24) is 14.9 Å². The quantitative estimate of drug-likeness (QED) is 0.749. The van der Waals surface area contributed by atoms with E-state index in [2.05, 4.69) is 10.3 Å². The highest BCUT2D eigenvalue weighted by atomic mass is 16.2. The third-order valence-corrected chi connectivity index (χ3v) is 2.15. The number of aromatic nitrogens is 2. The molecule has 15 heavy (non-hydrogen) atoms. The van der Waals surface area contributed by atoms with Crippen LogP contribution >= 0.6 is 0 Å². The van der Waals surface area contributed by atoms with E-state index in [4.69, 9.17) is 5.73 Å².